The van der Waals surface area contributed by atoms with Gasteiger partial charge in [0.1, 0.15) is 0 Å². The van der Waals surface area contributed by atoms with Crippen molar-refractivity contribution in [3.8, 4) is 0 Å². The molecule has 2 N–H and O–H groups in total. The van der Waals surface area contributed by atoms with Crippen molar-refractivity contribution in [2.75, 3.05) is 0 Å². The molecule has 0 aromatic heterocycles. The third-order valence-corrected chi connectivity index (χ3v) is 10.4. The summed E-state index contributed by atoms with van der Waals surface area (Å²) in [7, 11) is 0. The van der Waals surface area contributed by atoms with E-state index in [9.17, 15) is 10.2 Å². The van der Waals surface area contributed by atoms with Crippen LogP contribution in [0.15, 0.2) is 11.6 Å². The predicted molar refractivity (Wildman–Crippen MR) is 120 cm³/mol. The molecule has 0 bridgehead atoms. The molecule has 0 aliphatic heterocycles. The Labute approximate surface area is 179 Å². The minimum Gasteiger partial charge on any atom is -0.393 e. The Balaban J connectivity index is 1.51. The predicted octanol–water partition coefficient (Wildman–Crippen LogP) is 6.36. The minimum atomic E-state index is -0.133. The number of fused-ring (bicyclic) bond motifs is 5. The van der Waals surface area contributed by atoms with Gasteiger partial charge in [-0.2, -0.15) is 0 Å². The molecule has 4 aliphatic carbocycles. The summed E-state index contributed by atoms with van der Waals surface area (Å²) in [5, 5.41) is 21.2. The maximum Gasteiger partial charge on any atom is 0.0577 e. The lowest BCUT2D eigenvalue weighted by Crippen LogP contribution is -2.51. The average molecular weight is 403 g/mol. The third kappa shape index (κ3) is 3.65. The first-order valence-electron chi connectivity index (χ1n) is 12.7. The van der Waals surface area contributed by atoms with Crippen molar-refractivity contribution >= 4 is 0 Å². The summed E-state index contributed by atoms with van der Waals surface area (Å²) in [5.74, 6) is 4.25. The fraction of sp³-hybridized carbons (Fsp3) is 0.926. The van der Waals surface area contributed by atoms with E-state index in [0.29, 0.717) is 28.6 Å². The van der Waals surface area contributed by atoms with Gasteiger partial charge in [0, 0.05) is 0 Å². The molecule has 0 radical (unpaired) electrons. The Kier molecular flexibility index (Phi) is 6.01. The highest BCUT2D eigenvalue weighted by molar-refractivity contribution is 5.25. The second-order valence-corrected chi connectivity index (χ2v) is 12.3. The van der Waals surface area contributed by atoms with Gasteiger partial charge in [0.15, 0.2) is 0 Å². The number of aliphatic hydroxyl groups is 2. The normalized spacial score (nSPS) is 46.5. The maximum absolute atomic E-state index is 11.0. The van der Waals surface area contributed by atoms with Crippen molar-refractivity contribution in [3.63, 3.8) is 0 Å². The van der Waals surface area contributed by atoms with Crippen LogP contribution in [-0.2, 0) is 0 Å². The van der Waals surface area contributed by atoms with E-state index >= 15 is 0 Å². The first kappa shape index (κ1) is 21.9. The third-order valence-electron chi connectivity index (χ3n) is 10.4. The highest BCUT2D eigenvalue weighted by Crippen LogP contribution is 2.67. The quantitative estimate of drug-likeness (QED) is 0.525. The molecule has 3 unspecified atom stereocenters. The molecule has 2 nitrogen and oxygen atoms in total. The Morgan fingerprint density at radius 1 is 1.00 bits per heavy atom. The molecule has 3 fully saturated rings. The minimum absolute atomic E-state index is 0.108. The number of aliphatic hydroxyl groups excluding tert-OH is 2. The number of allylic oxidation sites excluding steroid dienone is 1. The van der Waals surface area contributed by atoms with Crippen molar-refractivity contribution in [2.24, 2.45) is 46.3 Å². The monoisotopic (exact) mass is 402 g/mol. The molecule has 166 valence electrons. The Hall–Kier alpha value is -0.340. The van der Waals surface area contributed by atoms with Crippen LogP contribution in [0.1, 0.15) is 98.8 Å². The van der Waals surface area contributed by atoms with Gasteiger partial charge in [-0.1, -0.05) is 46.3 Å². The number of hydrogen-bond donors (Lipinski definition) is 2. The summed E-state index contributed by atoms with van der Waals surface area (Å²) in [6.07, 6.45) is 14.1. The highest BCUT2D eigenvalue weighted by Gasteiger charge is 2.59. The van der Waals surface area contributed by atoms with Gasteiger partial charge >= 0.3 is 0 Å². The van der Waals surface area contributed by atoms with E-state index in [2.05, 4.69) is 40.7 Å². The average Bonchev–Trinajstić information content (AvgIpc) is 3.03. The van der Waals surface area contributed by atoms with Crippen LogP contribution in [0.3, 0.4) is 0 Å². The molecule has 0 saturated heterocycles. The van der Waals surface area contributed by atoms with E-state index < -0.39 is 0 Å². The lowest BCUT2D eigenvalue weighted by Gasteiger charge is -2.58. The van der Waals surface area contributed by atoms with E-state index in [0.717, 1.165) is 43.4 Å². The summed E-state index contributed by atoms with van der Waals surface area (Å²) in [6.45, 7) is 12.0. The molecule has 0 aromatic rings. The van der Waals surface area contributed by atoms with Gasteiger partial charge in [-0.05, 0) is 111 Å². The fourth-order valence-electron chi connectivity index (χ4n) is 8.58. The molecule has 4 aliphatic rings. The van der Waals surface area contributed by atoms with E-state index in [1.165, 1.54) is 38.5 Å². The Morgan fingerprint density at radius 3 is 2.48 bits per heavy atom. The van der Waals surface area contributed by atoms with Crippen molar-refractivity contribution in [1.29, 1.82) is 0 Å². The number of rotatable bonds is 5. The van der Waals surface area contributed by atoms with Crippen LogP contribution < -0.4 is 0 Å². The molecule has 9 atom stereocenters. The van der Waals surface area contributed by atoms with Crippen LogP contribution in [0.2, 0.25) is 0 Å². The maximum atomic E-state index is 11.0. The van der Waals surface area contributed by atoms with Crippen molar-refractivity contribution in [1.82, 2.24) is 0 Å². The molecular weight excluding hydrogens is 356 g/mol. The van der Waals surface area contributed by atoms with Gasteiger partial charge in [0.25, 0.3) is 0 Å². The second kappa shape index (κ2) is 7.97. The van der Waals surface area contributed by atoms with Crippen LogP contribution in [0.25, 0.3) is 0 Å². The zero-order valence-corrected chi connectivity index (χ0v) is 19.7. The zero-order chi connectivity index (χ0) is 21.0. The smallest absolute Gasteiger partial charge is 0.0577 e. The van der Waals surface area contributed by atoms with E-state index in [-0.39, 0.29) is 12.2 Å². The lowest BCUT2D eigenvalue weighted by molar-refractivity contribution is -0.0681. The van der Waals surface area contributed by atoms with Gasteiger partial charge in [-0.3, -0.25) is 0 Å². The largest absolute Gasteiger partial charge is 0.393 e. The van der Waals surface area contributed by atoms with Gasteiger partial charge in [0.2, 0.25) is 0 Å². The van der Waals surface area contributed by atoms with Gasteiger partial charge < -0.3 is 10.2 Å². The van der Waals surface area contributed by atoms with E-state index in [4.69, 9.17) is 0 Å². The molecular formula is C27H46O2. The molecule has 0 heterocycles. The van der Waals surface area contributed by atoms with Crippen molar-refractivity contribution in [2.45, 2.75) is 111 Å². The van der Waals surface area contributed by atoms with Gasteiger partial charge in [-0.25, -0.2) is 0 Å². The second-order valence-electron chi connectivity index (χ2n) is 12.3. The van der Waals surface area contributed by atoms with E-state index in [1.807, 2.05) is 0 Å². The summed E-state index contributed by atoms with van der Waals surface area (Å²) in [5.41, 5.74) is 2.33. The summed E-state index contributed by atoms with van der Waals surface area (Å²) >= 11 is 0. The molecule has 0 amide bonds. The molecule has 4 rings (SSSR count). The van der Waals surface area contributed by atoms with Crippen LogP contribution >= 0.6 is 0 Å². The van der Waals surface area contributed by atoms with Crippen LogP contribution in [0, 0.1) is 46.3 Å². The van der Waals surface area contributed by atoms with Gasteiger partial charge in [-0.15, -0.1) is 0 Å². The van der Waals surface area contributed by atoms with E-state index in [1.54, 1.807) is 5.57 Å². The molecule has 0 aromatic carbocycles. The Morgan fingerprint density at radius 2 is 1.76 bits per heavy atom. The molecule has 2 heteroatoms. The molecule has 29 heavy (non-hydrogen) atoms. The molecule has 3 saturated carbocycles. The first-order chi connectivity index (χ1) is 13.7. The highest BCUT2D eigenvalue weighted by atomic mass is 16.3. The van der Waals surface area contributed by atoms with Crippen molar-refractivity contribution < 1.29 is 10.2 Å². The zero-order valence-electron chi connectivity index (χ0n) is 19.7. The topological polar surface area (TPSA) is 40.5 Å². The van der Waals surface area contributed by atoms with Crippen molar-refractivity contribution in [3.05, 3.63) is 11.6 Å². The fourth-order valence-corrected chi connectivity index (χ4v) is 8.58. The number of hydrogen-bond acceptors (Lipinski definition) is 2. The molecule has 0 spiro atoms. The van der Waals surface area contributed by atoms with Gasteiger partial charge in [0.05, 0.1) is 12.2 Å². The summed E-state index contributed by atoms with van der Waals surface area (Å²) in [4.78, 5) is 0. The summed E-state index contributed by atoms with van der Waals surface area (Å²) in [6, 6.07) is 0. The summed E-state index contributed by atoms with van der Waals surface area (Å²) < 4.78 is 0. The first-order valence-corrected chi connectivity index (χ1v) is 12.7. The SMILES string of the molecule is CC(C)CC[C@H](O)[C@@H](C)C1CCC2[C@@H]3CC=C4C[C@@H](O)CC[C@]4(C)C3CC[C@@]21C. The lowest BCUT2D eigenvalue weighted by atomic mass is 9.47. The van der Waals surface area contributed by atoms with Crippen LogP contribution in [-0.4, -0.2) is 22.4 Å². The standard InChI is InChI=1S/C27H46O2/c1-17(2)6-11-25(29)18(3)22-9-10-23-21-8-7-19-16-20(28)12-14-26(19,4)24(21)13-15-27(22,23)5/h7,17-18,20-25,28-29H,6,8-16H2,1-5H3/t18-,20-,21-,22?,23?,24?,25-,26-,27+/m0/s1. The van der Waals surface area contributed by atoms with Crippen LogP contribution in [0.4, 0.5) is 0 Å². The Bertz CT molecular complexity index is 624. The van der Waals surface area contributed by atoms with Crippen LogP contribution in [0.5, 0.6) is 0 Å².